The Morgan fingerprint density at radius 1 is 1.55 bits per heavy atom. The molecule has 1 aromatic rings. The normalized spacial score (nSPS) is 12.6. The summed E-state index contributed by atoms with van der Waals surface area (Å²) in [6.45, 7) is 2.57. The Kier molecular flexibility index (Phi) is 5.45. The number of ether oxygens (including phenoxy) is 2. The maximum atomic E-state index is 11.7. The molecule has 8 heteroatoms. The zero-order chi connectivity index (χ0) is 15.1. The molecule has 0 aliphatic rings. The summed E-state index contributed by atoms with van der Waals surface area (Å²) in [5, 5.41) is 11.1. The van der Waals surface area contributed by atoms with Gasteiger partial charge < -0.3 is 13.9 Å². The standard InChI is InChI=1S/C12H13NO7/c1-3-18-12(15)11(20-8(2)14)10(13(16)17)7-9-5-4-6-19-9/h4-7,11H,3H2,1-2H3/b10-7+. The Balaban J connectivity index is 3.14. The van der Waals surface area contributed by atoms with Crippen molar-refractivity contribution >= 4 is 18.0 Å². The molecule has 8 nitrogen and oxygen atoms in total. The Morgan fingerprint density at radius 2 is 2.25 bits per heavy atom. The summed E-state index contributed by atoms with van der Waals surface area (Å²) in [7, 11) is 0. The van der Waals surface area contributed by atoms with Crippen LogP contribution in [0.4, 0.5) is 0 Å². The van der Waals surface area contributed by atoms with Gasteiger partial charge in [-0.15, -0.1) is 0 Å². The van der Waals surface area contributed by atoms with Crippen LogP contribution in [0.15, 0.2) is 28.5 Å². The Bertz CT molecular complexity index is 518. The van der Waals surface area contributed by atoms with E-state index in [-0.39, 0.29) is 12.4 Å². The molecular weight excluding hydrogens is 270 g/mol. The van der Waals surface area contributed by atoms with Crippen LogP contribution in [-0.2, 0) is 19.1 Å². The number of carbonyl (C=O) groups excluding carboxylic acids is 2. The molecule has 0 aliphatic heterocycles. The summed E-state index contributed by atoms with van der Waals surface area (Å²) in [5.41, 5.74) is -0.645. The van der Waals surface area contributed by atoms with Crippen LogP contribution in [0.2, 0.25) is 0 Å². The molecule has 0 N–H and O–H groups in total. The van der Waals surface area contributed by atoms with E-state index >= 15 is 0 Å². The number of carbonyl (C=O) groups is 2. The van der Waals surface area contributed by atoms with Crippen molar-refractivity contribution in [3.8, 4) is 0 Å². The molecule has 0 amide bonds. The lowest BCUT2D eigenvalue weighted by Gasteiger charge is -2.12. The minimum absolute atomic E-state index is 0.00233. The van der Waals surface area contributed by atoms with Gasteiger partial charge in [-0.1, -0.05) is 0 Å². The molecule has 1 aromatic heterocycles. The predicted molar refractivity (Wildman–Crippen MR) is 65.9 cm³/mol. The van der Waals surface area contributed by atoms with Gasteiger partial charge in [-0.2, -0.15) is 0 Å². The van der Waals surface area contributed by atoms with Crippen LogP contribution in [0.25, 0.3) is 6.08 Å². The van der Waals surface area contributed by atoms with Crippen LogP contribution >= 0.6 is 0 Å². The van der Waals surface area contributed by atoms with E-state index in [0.717, 1.165) is 13.0 Å². The topological polar surface area (TPSA) is 109 Å². The van der Waals surface area contributed by atoms with E-state index in [9.17, 15) is 19.7 Å². The summed E-state index contributed by atoms with van der Waals surface area (Å²) in [5.74, 6) is -1.70. The van der Waals surface area contributed by atoms with Crippen molar-refractivity contribution < 1.29 is 28.4 Å². The molecule has 20 heavy (non-hydrogen) atoms. The lowest BCUT2D eigenvalue weighted by Crippen LogP contribution is -2.33. The zero-order valence-corrected chi connectivity index (χ0v) is 10.9. The Hall–Kier alpha value is -2.64. The second-order valence-electron chi connectivity index (χ2n) is 3.58. The lowest BCUT2D eigenvalue weighted by molar-refractivity contribution is -0.432. The number of rotatable bonds is 6. The predicted octanol–water partition coefficient (Wildman–Crippen LogP) is 1.39. The Labute approximate surface area is 114 Å². The van der Waals surface area contributed by atoms with E-state index in [1.165, 1.54) is 25.3 Å². The molecule has 0 bridgehead atoms. The maximum Gasteiger partial charge on any atom is 0.358 e. The van der Waals surface area contributed by atoms with Gasteiger partial charge in [-0.25, -0.2) is 4.79 Å². The number of nitrogens with zero attached hydrogens (tertiary/aromatic N) is 1. The van der Waals surface area contributed by atoms with Gasteiger partial charge in [-0.05, 0) is 19.1 Å². The number of nitro groups is 1. The number of hydrogen-bond acceptors (Lipinski definition) is 7. The minimum atomic E-state index is -1.74. The van der Waals surface area contributed by atoms with Crippen molar-refractivity contribution in [3.63, 3.8) is 0 Å². The second kappa shape index (κ2) is 7.07. The quantitative estimate of drug-likeness (QED) is 0.441. The van der Waals surface area contributed by atoms with Gasteiger partial charge in [0.05, 0.1) is 23.9 Å². The highest BCUT2D eigenvalue weighted by Gasteiger charge is 2.36. The molecule has 108 valence electrons. The van der Waals surface area contributed by atoms with Gasteiger partial charge >= 0.3 is 17.6 Å². The second-order valence-corrected chi connectivity index (χ2v) is 3.58. The summed E-state index contributed by atoms with van der Waals surface area (Å²) in [4.78, 5) is 32.9. The van der Waals surface area contributed by atoms with Crippen LogP contribution in [0.1, 0.15) is 19.6 Å². The Morgan fingerprint density at radius 3 is 2.70 bits per heavy atom. The van der Waals surface area contributed by atoms with Gasteiger partial charge in [0.1, 0.15) is 5.76 Å². The van der Waals surface area contributed by atoms with Crippen molar-refractivity contribution in [2.24, 2.45) is 0 Å². The number of esters is 2. The SMILES string of the molecule is CCOC(=O)C(OC(C)=O)/C(=C\c1ccco1)[N+](=O)[O-]. The molecule has 1 unspecified atom stereocenters. The third-order valence-corrected chi connectivity index (χ3v) is 2.10. The van der Waals surface area contributed by atoms with E-state index in [4.69, 9.17) is 4.42 Å². The monoisotopic (exact) mass is 283 g/mol. The first kappa shape index (κ1) is 15.4. The van der Waals surface area contributed by atoms with Crippen LogP contribution in [0, 0.1) is 10.1 Å². The molecule has 0 aliphatic carbocycles. The third-order valence-electron chi connectivity index (χ3n) is 2.10. The fraction of sp³-hybridized carbons (Fsp3) is 0.333. The van der Waals surface area contributed by atoms with Crippen LogP contribution in [0.5, 0.6) is 0 Å². The smallest absolute Gasteiger partial charge is 0.358 e. The highest BCUT2D eigenvalue weighted by Crippen LogP contribution is 2.16. The van der Waals surface area contributed by atoms with Crippen molar-refractivity contribution in [2.45, 2.75) is 20.0 Å². The summed E-state index contributed by atoms with van der Waals surface area (Å²) in [6, 6.07) is 2.98. The molecule has 0 radical (unpaired) electrons. The van der Waals surface area contributed by atoms with E-state index in [0.29, 0.717) is 0 Å². The first-order chi connectivity index (χ1) is 9.45. The van der Waals surface area contributed by atoms with Crippen molar-refractivity contribution in [1.82, 2.24) is 0 Å². The molecule has 0 spiro atoms. The number of hydrogen-bond donors (Lipinski definition) is 0. The van der Waals surface area contributed by atoms with Gasteiger partial charge in [0.25, 0.3) is 6.10 Å². The van der Waals surface area contributed by atoms with E-state index in [2.05, 4.69) is 9.47 Å². The molecular formula is C12H13NO7. The minimum Gasteiger partial charge on any atom is -0.465 e. The summed E-state index contributed by atoms with van der Waals surface area (Å²) in [6.07, 6.45) is 0.576. The maximum absolute atomic E-state index is 11.7. The van der Waals surface area contributed by atoms with Crippen LogP contribution in [0.3, 0.4) is 0 Å². The average molecular weight is 283 g/mol. The van der Waals surface area contributed by atoms with E-state index in [1.807, 2.05) is 0 Å². The van der Waals surface area contributed by atoms with Crippen molar-refractivity contribution in [3.05, 3.63) is 40.0 Å². The fourth-order valence-corrected chi connectivity index (χ4v) is 1.36. The summed E-state index contributed by atoms with van der Waals surface area (Å²) >= 11 is 0. The van der Waals surface area contributed by atoms with Crippen molar-refractivity contribution in [2.75, 3.05) is 6.61 Å². The van der Waals surface area contributed by atoms with Gasteiger partial charge in [0.2, 0.25) is 0 Å². The molecule has 0 fully saturated rings. The largest absolute Gasteiger partial charge is 0.465 e. The van der Waals surface area contributed by atoms with Gasteiger partial charge in [0, 0.05) is 6.92 Å². The molecule has 0 saturated carbocycles. The molecule has 1 rings (SSSR count). The molecule has 0 saturated heterocycles. The lowest BCUT2D eigenvalue weighted by atomic mass is 10.2. The van der Waals surface area contributed by atoms with Crippen molar-refractivity contribution in [1.29, 1.82) is 0 Å². The third kappa shape index (κ3) is 4.23. The number of furan rings is 1. The van der Waals surface area contributed by atoms with Crippen LogP contribution < -0.4 is 0 Å². The summed E-state index contributed by atoms with van der Waals surface area (Å²) < 4.78 is 14.3. The molecule has 1 heterocycles. The first-order valence-electron chi connectivity index (χ1n) is 5.69. The molecule has 0 aromatic carbocycles. The highest BCUT2D eigenvalue weighted by atomic mass is 16.6. The average Bonchev–Trinajstić information content (AvgIpc) is 2.86. The van der Waals surface area contributed by atoms with Gasteiger partial charge in [-0.3, -0.25) is 14.9 Å². The zero-order valence-electron chi connectivity index (χ0n) is 10.9. The van der Waals surface area contributed by atoms with E-state index in [1.54, 1.807) is 0 Å². The van der Waals surface area contributed by atoms with Crippen LogP contribution in [-0.4, -0.2) is 29.6 Å². The molecule has 1 atom stereocenters. The first-order valence-corrected chi connectivity index (χ1v) is 5.69. The highest BCUT2D eigenvalue weighted by molar-refractivity contribution is 5.82. The van der Waals surface area contributed by atoms with Gasteiger partial charge in [0.15, 0.2) is 0 Å². The van der Waals surface area contributed by atoms with E-state index < -0.39 is 28.7 Å². The fourth-order valence-electron chi connectivity index (χ4n) is 1.36.